The van der Waals surface area contributed by atoms with Crippen LogP contribution in [0.5, 0.6) is 11.5 Å². The Balaban J connectivity index is 1.46. The van der Waals surface area contributed by atoms with Crippen LogP contribution >= 0.6 is 0 Å². The highest BCUT2D eigenvalue weighted by Crippen LogP contribution is 2.33. The van der Waals surface area contributed by atoms with E-state index in [-0.39, 0.29) is 23.8 Å². The first-order valence-corrected chi connectivity index (χ1v) is 12.0. The van der Waals surface area contributed by atoms with Gasteiger partial charge < -0.3 is 9.47 Å². The summed E-state index contributed by atoms with van der Waals surface area (Å²) in [4.78, 5) is 12.0. The fourth-order valence-electron chi connectivity index (χ4n) is 3.44. The van der Waals surface area contributed by atoms with E-state index in [0.717, 1.165) is 16.4 Å². The molecule has 3 aromatic rings. The van der Waals surface area contributed by atoms with Crippen LogP contribution in [-0.2, 0) is 27.4 Å². The summed E-state index contributed by atoms with van der Waals surface area (Å²) in [6.07, 6.45) is -3.27. The van der Waals surface area contributed by atoms with Gasteiger partial charge in [0.1, 0.15) is 0 Å². The third-order valence-electron chi connectivity index (χ3n) is 5.31. The van der Waals surface area contributed by atoms with Crippen LogP contribution in [-0.4, -0.2) is 34.4 Å². The third kappa shape index (κ3) is 5.43. The first-order chi connectivity index (χ1) is 17.1. The summed E-state index contributed by atoms with van der Waals surface area (Å²) in [5.41, 5.74) is 2.70. The Kier molecular flexibility index (Phi) is 6.88. The fraction of sp³-hybridized carbons (Fsp3) is 0.167. The first-order valence-electron chi connectivity index (χ1n) is 10.5. The van der Waals surface area contributed by atoms with Gasteiger partial charge in [-0.15, -0.1) is 0 Å². The summed E-state index contributed by atoms with van der Waals surface area (Å²) in [7, 11) is -2.89. The van der Waals surface area contributed by atoms with E-state index in [0.29, 0.717) is 34.8 Å². The highest BCUT2D eigenvalue weighted by atomic mass is 32.2. The lowest BCUT2D eigenvalue weighted by molar-refractivity contribution is -0.137. The van der Waals surface area contributed by atoms with E-state index >= 15 is 0 Å². The third-order valence-corrected chi connectivity index (χ3v) is 7.10. The zero-order chi connectivity index (χ0) is 25.9. The number of fused-ring (bicyclic) bond motifs is 1. The highest BCUT2D eigenvalue weighted by Gasteiger charge is 2.31. The second kappa shape index (κ2) is 9.90. The van der Waals surface area contributed by atoms with Gasteiger partial charge in [-0.05, 0) is 48.0 Å². The largest absolute Gasteiger partial charge is 0.454 e. The van der Waals surface area contributed by atoms with Gasteiger partial charge in [-0.25, -0.2) is 13.8 Å². The lowest BCUT2D eigenvalue weighted by Gasteiger charge is -2.21. The van der Waals surface area contributed by atoms with Gasteiger partial charge in [-0.1, -0.05) is 24.3 Å². The number of rotatable bonds is 7. The first kappa shape index (κ1) is 25.0. The molecule has 1 aliphatic rings. The van der Waals surface area contributed by atoms with Crippen molar-refractivity contribution in [3.05, 3.63) is 83.4 Å². The summed E-state index contributed by atoms with van der Waals surface area (Å²) in [6, 6.07) is 14.7. The van der Waals surface area contributed by atoms with E-state index in [4.69, 9.17) is 9.47 Å². The molecule has 0 fully saturated rings. The van der Waals surface area contributed by atoms with Crippen LogP contribution < -0.4 is 19.2 Å². The Hall–Kier alpha value is -4.06. The van der Waals surface area contributed by atoms with Crippen molar-refractivity contribution in [3.8, 4) is 11.5 Å². The maximum atomic E-state index is 13.0. The number of nitrogens with zero attached hydrogens (tertiary/aromatic N) is 2. The number of carbonyl (C=O) groups is 1. The molecule has 0 radical (unpaired) electrons. The predicted octanol–water partition coefficient (Wildman–Crippen LogP) is 3.95. The average Bonchev–Trinajstić information content (AvgIpc) is 3.31. The number of anilines is 1. The van der Waals surface area contributed by atoms with Crippen molar-refractivity contribution in [1.82, 2.24) is 5.43 Å². The molecule has 0 aromatic heterocycles. The molecule has 0 unspecified atom stereocenters. The van der Waals surface area contributed by atoms with Crippen molar-refractivity contribution in [2.24, 2.45) is 5.10 Å². The molecule has 0 bridgehead atoms. The van der Waals surface area contributed by atoms with Crippen molar-refractivity contribution in [1.29, 1.82) is 0 Å². The molecule has 0 saturated carbocycles. The summed E-state index contributed by atoms with van der Waals surface area (Å²) >= 11 is 0. The zero-order valence-corrected chi connectivity index (χ0v) is 19.6. The summed E-state index contributed by atoms with van der Waals surface area (Å²) in [5, 5.41) is 3.92. The summed E-state index contributed by atoms with van der Waals surface area (Å²) < 4.78 is 76.0. The molecule has 1 N–H and O–H groups in total. The molecular weight excluding hydrogens is 499 g/mol. The molecule has 188 valence electrons. The number of sulfonamides is 1. The molecule has 0 aliphatic carbocycles. The molecule has 0 atom stereocenters. The smallest absolute Gasteiger partial charge is 0.416 e. The Labute approximate surface area is 205 Å². The number of benzene rings is 3. The minimum atomic E-state index is -4.58. The van der Waals surface area contributed by atoms with Crippen molar-refractivity contribution in [2.75, 3.05) is 18.1 Å². The SMILES string of the molecule is CN(c1ccccc1C=NNC(=O)Cc1ccc2c(c1)OCO2)S(=O)(=O)c1ccc(C(F)(F)F)cc1. The Morgan fingerprint density at radius 3 is 2.47 bits per heavy atom. The van der Waals surface area contributed by atoms with E-state index in [1.807, 2.05) is 0 Å². The molecule has 4 rings (SSSR count). The van der Waals surface area contributed by atoms with Gasteiger partial charge in [0.15, 0.2) is 11.5 Å². The molecule has 3 aromatic carbocycles. The molecule has 1 heterocycles. The molecule has 12 heteroatoms. The van der Waals surface area contributed by atoms with Gasteiger partial charge in [0.05, 0.1) is 28.8 Å². The Morgan fingerprint density at radius 2 is 1.75 bits per heavy atom. The van der Waals surface area contributed by atoms with Crippen LogP contribution in [0.1, 0.15) is 16.7 Å². The summed E-state index contributed by atoms with van der Waals surface area (Å²) in [6.45, 7) is 0.123. The monoisotopic (exact) mass is 519 g/mol. The molecule has 1 aliphatic heterocycles. The van der Waals surface area contributed by atoms with Crippen LogP contribution in [0.3, 0.4) is 0 Å². The quantitative estimate of drug-likeness (QED) is 0.377. The topological polar surface area (TPSA) is 97.3 Å². The molecule has 1 amide bonds. The number of carbonyl (C=O) groups excluding carboxylic acids is 1. The second-order valence-electron chi connectivity index (χ2n) is 7.71. The van der Waals surface area contributed by atoms with Crippen LogP contribution in [0, 0.1) is 0 Å². The molecule has 0 spiro atoms. The van der Waals surface area contributed by atoms with Gasteiger partial charge >= 0.3 is 6.18 Å². The van der Waals surface area contributed by atoms with E-state index in [1.54, 1.807) is 36.4 Å². The van der Waals surface area contributed by atoms with Crippen LogP contribution in [0.4, 0.5) is 18.9 Å². The number of hydrazone groups is 1. The maximum absolute atomic E-state index is 13.0. The normalized spacial score (nSPS) is 13.1. The van der Waals surface area contributed by atoms with Crippen molar-refractivity contribution < 1.29 is 35.9 Å². The van der Waals surface area contributed by atoms with Crippen molar-refractivity contribution >= 4 is 27.8 Å². The minimum absolute atomic E-state index is 0.0256. The number of halogens is 3. The number of nitrogens with one attached hydrogen (secondary N) is 1. The maximum Gasteiger partial charge on any atom is 0.416 e. The number of amides is 1. The van der Waals surface area contributed by atoms with Crippen LogP contribution in [0.25, 0.3) is 0 Å². The number of hydrogen-bond donors (Lipinski definition) is 1. The molecule has 36 heavy (non-hydrogen) atoms. The van der Waals surface area contributed by atoms with Gasteiger partial charge in [0.25, 0.3) is 10.0 Å². The standard InChI is InChI=1S/C24H20F3N3O5S/c1-30(36(32,33)19-9-7-18(8-10-19)24(25,26)27)20-5-3-2-4-17(20)14-28-29-23(31)13-16-6-11-21-22(12-16)35-15-34-21/h2-12,14H,13,15H2,1H3,(H,29,31). The van der Waals surface area contributed by atoms with E-state index in [1.165, 1.54) is 19.3 Å². The van der Waals surface area contributed by atoms with Gasteiger partial charge in [-0.3, -0.25) is 9.10 Å². The van der Waals surface area contributed by atoms with Crippen molar-refractivity contribution in [3.63, 3.8) is 0 Å². The van der Waals surface area contributed by atoms with Gasteiger partial charge in [0.2, 0.25) is 12.7 Å². The predicted molar refractivity (Wildman–Crippen MR) is 125 cm³/mol. The number of hydrogen-bond acceptors (Lipinski definition) is 6. The minimum Gasteiger partial charge on any atom is -0.454 e. The molecule has 0 saturated heterocycles. The van der Waals surface area contributed by atoms with E-state index < -0.39 is 27.7 Å². The summed E-state index contributed by atoms with van der Waals surface area (Å²) in [5.74, 6) is 0.743. The number of alkyl halides is 3. The number of ether oxygens (including phenoxy) is 2. The Morgan fingerprint density at radius 1 is 1.06 bits per heavy atom. The molecule has 8 nitrogen and oxygen atoms in total. The number of para-hydroxylation sites is 1. The van der Waals surface area contributed by atoms with Gasteiger partial charge in [-0.2, -0.15) is 18.3 Å². The average molecular weight is 520 g/mol. The Bertz CT molecular complexity index is 1410. The second-order valence-corrected chi connectivity index (χ2v) is 9.68. The highest BCUT2D eigenvalue weighted by molar-refractivity contribution is 7.92. The van der Waals surface area contributed by atoms with Gasteiger partial charge in [0, 0.05) is 12.6 Å². The lowest BCUT2D eigenvalue weighted by atomic mass is 10.1. The lowest BCUT2D eigenvalue weighted by Crippen LogP contribution is -2.27. The van der Waals surface area contributed by atoms with E-state index in [2.05, 4.69) is 10.5 Å². The van der Waals surface area contributed by atoms with Crippen LogP contribution in [0.2, 0.25) is 0 Å². The zero-order valence-electron chi connectivity index (χ0n) is 18.8. The van der Waals surface area contributed by atoms with Crippen LogP contribution in [0.15, 0.2) is 76.7 Å². The fourth-order valence-corrected chi connectivity index (χ4v) is 4.66. The van der Waals surface area contributed by atoms with E-state index in [9.17, 15) is 26.4 Å². The molecular formula is C24H20F3N3O5S. The van der Waals surface area contributed by atoms with Crippen molar-refractivity contribution in [2.45, 2.75) is 17.5 Å².